The highest BCUT2D eigenvalue weighted by atomic mass is 17.2. The molecule has 0 aliphatic heterocycles. The van der Waals surface area contributed by atoms with Crippen LogP contribution in [0.4, 0.5) is 0 Å². The van der Waals surface area contributed by atoms with Crippen LogP contribution in [0.25, 0.3) is 0 Å². The maximum atomic E-state index is 11.2. The first-order valence-corrected chi connectivity index (χ1v) is 7.19. The van der Waals surface area contributed by atoms with Gasteiger partial charge in [0.2, 0.25) is 0 Å². The van der Waals surface area contributed by atoms with Gasteiger partial charge in [-0.1, -0.05) is 32.3 Å². The van der Waals surface area contributed by atoms with Gasteiger partial charge in [-0.25, -0.2) is 4.79 Å². The van der Waals surface area contributed by atoms with E-state index in [1.54, 1.807) is 0 Å². The van der Waals surface area contributed by atoms with Gasteiger partial charge in [-0.3, -0.25) is 4.89 Å². The van der Waals surface area contributed by atoms with Gasteiger partial charge >= 0.3 is 5.97 Å². The highest BCUT2D eigenvalue weighted by Crippen LogP contribution is 2.46. The predicted octanol–water partition coefficient (Wildman–Crippen LogP) is 3.79. The van der Waals surface area contributed by atoms with Crippen LogP contribution in [0.2, 0.25) is 0 Å². The fourth-order valence-electron chi connectivity index (χ4n) is 3.63. The molecular weight excluding hydrogens is 228 g/mol. The lowest BCUT2D eigenvalue weighted by Crippen LogP contribution is -2.43. The van der Waals surface area contributed by atoms with Gasteiger partial charge in [0.05, 0.1) is 0 Å². The van der Waals surface area contributed by atoms with Crippen LogP contribution in [0.15, 0.2) is 12.7 Å². The van der Waals surface area contributed by atoms with Crippen molar-refractivity contribution in [2.24, 2.45) is 11.8 Å². The van der Waals surface area contributed by atoms with Crippen LogP contribution < -0.4 is 0 Å². The average Bonchev–Trinajstić information content (AvgIpc) is 3.06. The second-order valence-corrected chi connectivity index (χ2v) is 5.84. The van der Waals surface area contributed by atoms with Crippen molar-refractivity contribution in [2.45, 2.75) is 63.9 Å². The van der Waals surface area contributed by atoms with Crippen LogP contribution in [-0.2, 0) is 14.6 Å². The molecule has 18 heavy (non-hydrogen) atoms. The molecule has 0 saturated heterocycles. The lowest BCUT2D eigenvalue weighted by Gasteiger charge is -2.38. The molecule has 0 bridgehead atoms. The molecule has 0 aromatic carbocycles. The summed E-state index contributed by atoms with van der Waals surface area (Å²) in [4.78, 5) is 21.8. The van der Waals surface area contributed by atoms with E-state index in [1.807, 2.05) is 0 Å². The van der Waals surface area contributed by atoms with Crippen LogP contribution in [0.3, 0.4) is 0 Å². The molecular formula is C15H24O3. The number of carbonyl (C=O) groups excluding carboxylic acids is 1. The monoisotopic (exact) mass is 252 g/mol. The lowest BCUT2D eigenvalue weighted by atomic mass is 9.76. The molecule has 102 valence electrons. The molecule has 2 rings (SSSR count). The lowest BCUT2D eigenvalue weighted by molar-refractivity contribution is -0.350. The first-order valence-electron chi connectivity index (χ1n) is 7.19. The molecule has 3 heteroatoms. The van der Waals surface area contributed by atoms with Crippen molar-refractivity contribution in [1.82, 2.24) is 0 Å². The molecule has 0 unspecified atom stereocenters. The van der Waals surface area contributed by atoms with Crippen molar-refractivity contribution in [3.63, 3.8) is 0 Å². The average molecular weight is 252 g/mol. The Hall–Kier alpha value is -0.830. The van der Waals surface area contributed by atoms with Crippen LogP contribution in [-0.4, -0.2) is 11.6 Å². The van der Waals surface area contributed by atoms with Gasteiger partial charge in [-0.15, -0.1) is 0 Å². The van der Waals surface area contributed by atoms with E-state index < -0.39 is 5.97 Å². The zero-order valence-corrected chi connectivity index (χ0v) is 11.3. The number of hydrogen-bond acceptors (Lipinski definition) is 3. The van der Waals surface area contributed by atoms with Gasteiger partial charge in [-0.2, -0.15) is 4.89 Å². The van der Waals surface area contributed by atoms with Gasteiger partial charge < -0.3 is 0 Å². The Balaban J connectivity index is 2.05. The molecule has 0 aromatic rings. The van der Waals surface area contributed by atoms with Crippen molar-refractivity contribution in [3.8, 4) is 0 Å². The van der Waals surface area contributed by atoms with Gasteiger partial charge in [0.25, 0.3) is 0 Å². The van der Waals surface area contributed by atoms with E-state index in [9.17, 15) is 4.79 Å². The largest absolute Gasteiger partial charge is 0.365 e. The molecule has 0 radical (unpaired) electrons. The summed E-state index contributed by atoms with van der Waals surface area (Å²) in [6, 6.07) is 0. The fourth-order valence-corrected chi connectivity index (χ4v) is 3.63. The third-order valence-corrected chi connectivity index (χ3v) is 4.80. The van der Waals surface area contributed by atoms with Crippen LogP contribution in [0, 0.1) is 11.8 Å². The van der Waals surface area contributed by atoms with E-state index in [1.165, 1.54) is 51.4 Å². The summed E-state index contributed by atoms with van der Waals surface area (Å²) in [5, 5.41) is 0. The third kappa shape index (κ3) is 2.77. The van der Waals surface area contributed by atoms with E-state index in [4.69, 9.17) is 9.78 Å². The van der Waals surface area contributed by atoms with Gasteiger partial charge in [0, 0.05) is 6.08 Å². The number of carbonyl (C=O) groups is 1. The van der Waals surface area contributed by atoms with E-state index in [2.05, 4.69) is 13.5 Å². The zero-order valence-electron chi connectivity index (χ0n) is 11.3. The molecule has 3 nitrogen and oxygen atoms in total. The standard InChI is InChI=1S/C15H24O3/c1-3-14(16)17-18-15(2,12-8-4-5-9-12)13-10-6-7-11-13/h3,12-13H,1,4-11H2,2H3. The van der Waals surface area contributed by atoms with Crippen molar-refractivity contribution >= 4 is 5.97 Å². The van der Waals surface area contributed by atoms with Crippen molar-refractivity contribution < 1.29 is 14.6 Å². The van der Waals surface area contributed by atoms with Gasteiger partial charge in [0.1, 0.15) is 5.60 Å². The zero-order chi connectivity index (χ0) is 13.0. The summed E-state index contributed by atoms with van der Waals surface area (Å²) in [5.41, 5.74) is -0.300. The van der Waals surface area contributed by atoms with E-state index in [-0.39, 0.29) is 5.60 Å². The third-order valence-electron chi connectivity index (χ3n) is 4.80. The van der Waals surface area contributed by atoms with Crippen LogP contribution >= 0.6 is 0 Å². The Morgan fingerprint density at radius 2 is 1.56 bits per heavy atom. The van der Waals surface area contributed by atoms with E-state index >= 15 is 0 Å². The van der Waals surface area contributed by atoms with Crippen molar-refractivity contribution in [3.05, 3.63) is 12.7 Å². The van der Waals surface area contributed by atoms with E-state index in [0.29, 0.717) is 11.8 Å². The minimum Gasteiger partial charge on any atom is -0.293 e. The Kier molecular flexibility index (Phi) is 4.44. The molecule has 2 fully saturated rings. The van der Waals surface area contributed by atoms with Crippen LogP contribution in [0.1, 0.15) is 58.3 Å². The van der Waals surface area contributed by atoms with Gasteiger partial charge in [0.15, 0.2) is 0 Å². The highest BCUT2D eigenvalue weighted by molar-refractivity contribution is 5.80. The summed E-state index contributed by atoms with van der Waals surface area (Å²) in [6.45, 7) is 5.54. The number of hydrogen-bond donors (Lipinski definition) is 0. The molecule has 0 spiro atoms. The molecule has 0 N–H and O–H groups in total. The summed E-state index contributed by atoms with van der Waals surface area (Å²) in [6.07, 6.45) is 11.0. The maximum Gasteiger partial charge on any atom is 0.365 e. The topological polar surface area (TPSA) is 35.5 Å². The molecule has 2 saturated carbocycles. The molecule has 2 aliphatic rings. The molecule has 2 aliphatic carbocycles. The Morgan fingerprint density at radius 3 is 1.94 bits per heavy atom. The first-order chi connectivity index (χ1) is 8.66. The summed E-state index contributed by atoms with van der Waals surface area (Å²) < 4.78 is 0. The Labute approximate surface area is 109 Å². The second kappa shape index (κ2) is 5.87. The smallest absolute Gasteiger partial charge is 0.293 e. The predicted molar refractivity (Wildman–Crippen MR) is 69.7 cm³/mol. The Bertz CT molecular complexity index is 283. The van der Waals surface area contributed by atoms with Gasteiger partial charge in [-0.05, 0) is 44.4 Å². The molecule has 0 amide bonds. The normalized spacial score (nSPS) is 22.3. The number of rotatable bonds is 5. The molecule has 0 heterocycles. The van der Waals surface area contributed by atoms with Crippen molar-refractivity contribution in [1.29, 1.82) is 0 Å². The molecule has 0 aromatic heterocycles. The summed E-state index contributed by atoms with van der Waals surface area (Å²) in [7, 11) is 0. The maximum absolute atomic E-state index is 11.2. The minimum atomic E-state index is -0.489. The van der Waals surface area contributed by atoms with Crippen molar-refractivity contribution in [2.75, 3.05) is 0 Å². The SMILES string of the molecule is C=CC(=O)OOC(C)(C1CCCC1)C1CCCC1. The Morgan fingerprint density at radius 1 is 1.11 bits per heavy atom. The quantitative estimate of drug-likeness (QED) is 0.424. The highest BCUT2D eigenvalue weighted by Gasteiger charge is 2.46. The van der Waals surface area contributed by atoms with E-state index in [0.717, 1.165) is 6.08 Å². The minimum absolute atomic E-state index is 0.300. The summed E-state index contributed by atoms with van der Waals surface area (Å²) >= 11 is 0. The first kappa shape index (κ1) is 13.6. The molecule has 0 atom stereocenters. The summed E-state index contributed by atoms with van der Waals surface area (Å²) in [5.74, 6) is 0.564. The van der Waals surface area contributed by atoms with Crippen LogP contribution in [0.5, 0.6) is 0 Å². The fraction of sp³-hybridized carbons (Fsp3) is 0.800. The second-order valence-electron chi connectivity index (χ2n) is 5.84.